The number of rotatable bonds is 5. The van der Waals surface area contributed by atoms with Crippen LogP contribution in [0.4, 0.5) is 0 Å². The van der Waals surface area contributed by atoms with E-state index in [9.17, 15) is 5.26 Å². The van der Waals surface area contributed by atoms with E-state index >= 15 is 0 Å². The van der Waals surface area contributed by atoms with Crippen molar-refractivity contribution in [1.29, 1.82) is 5.26 Å². The molecular weight excluding hydrogens is 286 g/mol. The van der Waals surface area contributed by atoms with E-state index in [1.807, 2.05) is 42.5 Å². The summed E-state index contributed by atoms with van der Waals surface area (Å²) in [6, 6.07) is 16.2. The lowest BCUT2D eigenvalue weighted by atomic mass is 10.2. The van der Waals surface area contributed by atoms with Crippen LogP contribution in [0.1, 0.15) is 12.5 Å². The van der Waals surface area contributed by atoms with Crippen LogP contribution >= 0.6 is 23.5 Å². The van der Waals surface area contributed by atoms with Gasteiger partial charge in [0, 0.05) is 9.79 Å². The molecule has 2 aromatic carbocycles. The molecule has 4 heteroatoms. The minimum atomic E-state index is 0.746. The summed E-state index contributed by atoms with van der Waals surface area (Å²) >= 11 is 3.26. The summed E-state index contributed by atoms with van der Waals surface area (Å²) in [5.74, 6) is 1.78. The molecule has 0 amide bonds. The largest absolute Gasteiger partial charge is 0.496 e. The Morgan fingerprint density at radius 2 is 1.75 bits per heavy atom. The normalized spacial score (nSPS) is 10.1. The summed E-state index contributed by atoms with van der Waals surface area (Å²) in [7, 11) is 1.66. The van der Waals surface area contributed by atoms with Crippen molar-refractivity contribution in [2.45, 2.75) is 21.6 Å². The Hall–Kier alpha value is -1.57. The predicted molar refractivity (Wildman–Crippen MR) is 84.7 cm³/mol. The van der Waals surface area contributed by atoms with Crippen LogP contribution in [0.3, 0.4) is 0 Å². The molecule has 102 valence electrons. The molecule has 0 aromatic heterocycles. The Balaban J connectivity index is 2.39. The van der Waals surface area contributed by atoms with Crippen molar-refractivity contribution in [3.63, 3.8) is 0 Å². The van der Waals surface area contributed by atoms with Crippen LogP contribution in [-0.2, 0) is 0 Å². The van der Waals surface area contributed by atoms with Gasteiger partial charge in [-0.15, -0.1) is 11.8 Å². The topological polar surface area (TPSA) is 33.0 Å². The third-order valence-corrected chi connectivity index (χ3v) is 4.75. The van der Waals surface area contributed by atoms with Gasteiger partial charge in [-0.3, -0.25) is 0 Å². The van der Waals surface area contributed by atoms with Crippen LogP contribution in [0.15, 0.2) is 57.2 Å². The first-order valence-electron chi connectivity index (χ1n) is 6.27. The monoisotopic (exact) mass is 301 g/mol. The SMILES string of the molecule is CCSc1cccc(Sc2ccccc2OC)c1C#N. The van der Waals surface area contributed by atoms with Gasteiger partial charge in [0.05, 0.1) is 17.6 Å². The Morgan fingerprint density at radius 3 is 2.45 bits per heavy atom. The van der Waals surface area contributed by atoms with Crippen LogP contribution in [0, 0.1) is 11.3 Å². The zero-order valence-corrected chi connectivity index (χ0v) is 13.1. The first-order chi connectivity index (χ1) is 9.80. The number of hydrogen-bond donors (Lipinski definition) is 0. The second-order valence-electron chi connectivity index (χ2n) is 3.93. The zero-order chi connectivity index (χ0) is 14.4. The molecule has 20 heavy (non-hydrogen) atoms. The highest BCUT2D eigenvalue weighted by Crippen LogP contribution is 2.38. The maximum absolute atomic E-state index is 9.42. The van der Waals surface area contributed by atoms with E-state index in [2.05, 4.69) is 13.0 Å². The van der Waals surface area contributed by atoms with Crippen molar-refractivity contribution < 1.29 is 4.74 Å². The summed E-state index contributed by atoms with van der Waals surface area (Å²) in [5, 5.41) is 9.42. The fourth-order valence-electron chi connectivity index (χ4n) is 1.80. The van der Waals surface area contributed by atoms with E-state index in [4.69, 9.17) is 4.74 Å². The molecule has 2 nitrogen and oxygen atoms in total. The highest BCUT2D eigenvalue weighted by Gasteiger charge is 2.11. The molecule has 0 bridgehead atoms. The molecule has 0 atom stereocenters. The van der Waals surface area contributed by atoms with Crippen LogP contribution < -0.4 is 4.74 Å². The van der Waals surface area contributed by atoms with Gasteiger partial charge in [0.25, 0.3) is 0 Å². The lowest BCUT2D eigenvalue weighted by Crippen LogP contribution is -1.89. The Labute approximate surface area is 128 Å². The lowest BCUT2D eigenvalue weighted by molar-refractivity contribution is 0.405. The van der Waals surface area contributed by atoms with Crippen LogP contribution in [0.2, 0.25) is 0 Å². The molecule has 2 rings (SSSR count). The van der Waals surface area contributed by atoms with Crippen molar-refractivity contribution in [3.8, 4) is 11.8 Å². The van der Waals surface area contributed by atoms with E-state index in [-0.39, 0.29) is 0 Å². The molecule has 0 saturated heterocycles. The van der Waals surface area contributed by atoms with Crippen LogP contribution in [0.5, 0.6) is 5.75 Å². The number of benzene rings is 2. The molecule has 0 aliphatic heterocycles. The van der Waals surface area contributed by atoms with Gasteiger partial charge in [-0.2, -0.15) is 5.26 Å². The molecule has 0 aliphatic carbocycles. The highest BCUT2D eigenvalue weighted by molar-refractivity contribution is 8.00. The predicted octanol–water partition coefficient (Wildman–Crippen LogP) is 4.83. The molecule has 0 N–H and O–H groups in total. The number of nitrogens with zero attached hydrogens (tertiary/aromatic N) is 1. The standard InChI is InChI=1S/C16H15NOS2/c1-3-19-14-9-6-10-15(12(14)11-17)20-16-8-5-4-7-13(16)18-2/h4-10H,3H2,1-2H3. The van der Waals surface area contributed by atoms with Gasteiger partial charge in [0.15, 0.2) is 0 Å². The third-order valence-electron chi connectivity index (χ3n) is 2.69. The maximum Gasteiger partial charge on any atom is 0.132 e. The first-order valence-corrected chi connectivity index (χ1v) is 8.07. The van der Waals surface area contributed by atoms with Gasteiger partial charge in [0.2, 0.25) is 0 Å². The van der Waals surface area contributed by atoms with E-state index in [1.165, 1.54) is 0 Å². The molecule has 0 heterocycles. The number of ether oxygens (including phenoxy) is 1. The summed E-state index contributed by atoms with van der Waals surface area (Å²) in [5.41, 5.74) is 0.746. The first kappa shape index (κ1) is 14.8. The van der Waals surface area contributed by atoms with Crippen molar-refractivity contribution >= 4 is 23.5 Å². The van der Waals surface area contributed by atoms with E-state index in [0.29, 0.717) is 0 Å². The second-order valence-corrected chi connectivity index (χ2v) is 6.32. The average Bonchev–Trinajstić information content (AvgIpc) is 2.48. The number of para-hydroxylation sites is 1. The quantitative estimate of drug-likeness (QED) is 0.741. The summed E-state index contributed by atoms with van der Waals surface area (Å²) in [6.45, 7) is 2.09. The number of thioether (sulfide) groups is 1. The zero-order valence-electron chi connectivity index (χ0n) is 11.4. The van der Waals surface area contributed by atoms with E-state index in [0.717, 1.165) is 31.8 Å². The van der Waals surface area contributed by atoms with Crippen LogP contribution in [0.25, 0.3) is 0 Å². The molecule has 0 unspecified atom stereocenters. The number of hydrogen-bond acceptors (Lipinski definition) is 4. The molecule has 0 spiro atoms. The lowest BCUT2D eigenvalue weighted by Gasteiger charge is -2.10. The fourth-order valence-corrected chi connectivity index (χ4v) is 3.69. The molecule has 0 aliphatic rings. The van der Waals surface area contributed by atoms with Gasteiger partial charge in [-0.05, 0) is 30.0 Å². The smallest absolute Gasteiger partial charge is 0.132 e. The summed E-state index contributed by atoms with van der Waals surface area (Å²) in [6.07, 6.45) is 0. The van der Waals surface area contributed by atoms with Crippen molar-refractivity contribution in [2.24, 2.45) is 0 Å². The molecule has 0 saturated carbocycles. The van der Waals surface area contributed by atoms with Gasteiger partial charge in [-0.25, -0.2) is 0 Å². The minimum absolute atomic E-state index is 0.746. The van der Waals surface area contributed by atoms with Gasteiger partial charge < -0.3 is 4.74 Å². The van der Waals surface area contributed by atoms with Gasteiger partial charge in [0.1, 0.15) is 11.8 Å². The Morgan fingerprint density at radius 1 is 1.05 bits per heavy atom. The van der Waals surface area contributed by atoms with Crippen molar-refractivity contribution in [3.05, 3.63) is 48.0 Å². The number of nitriles is 1. The Kier molecular flexibility index (Phi) is 5.40. The number of methoxy groups -OCH3 is 1. The van der Waals surface area contributed by atoms with Crippen molar-refractivity contribution in [2.75, 3.05) is 12.9 Å². The summed E-state index contributed by atoms with van der Waals surface area (Å²) < 4.78 is 5.36. The second kappa shape index (κ2) is 7.28. The average molecular weight is 301 g/mol. The summed E-state index contributed by atoms with van der Waals surface area (Å²) in [4.78, 5) is 3.02. The van der Waals surface area contributed by atoms with Gasteiger partial charge >= 0.3 is 0 Å². The molecule has 0 fully saturated rings. The van der Waals surface area contributed by atoms with E-state index < -0.39 is 0 Å². The highest BCUT2D eigenvalue weighted by atomic mass is 32.2. The third kappa shape index (κ3) is 3.30. The molecule has 0 radical (unpaired) electrons. The van der Waals surface area contributed by atoms with Crippen molar-refractivity contribution in [1.82, 2.24) is 0 Å². The van der Waals surface area contributed by atoms with E-state index in [1.54, 1.807) is 30.6 Å². The van der Waals surface area contributed by atoms with Gasteiger partial charge in [-0.1, -0.05) is 36.9 Å². The molecule has 2 aromatic rings. The Bertz CT molecular complexity index is 635. The fraction of sp³-hybridized carbons (Fsp3) is 0.188. The minimum Gasteiger partial charge on any atom is -0.496 e. The molecular formula is C16H15NOS2. The van der Waals surface area contributed by atoms with Crippen LogP contribution in [-0.4, -0.2) is 12.9 Å². The maximum atomic E-state index is 9.42.